The molecule has 1 amide bonds. The summed E-state index contributed by atoms with van der Waals surface area (Å²) < 4.78 is 16.2. The van der Waals surface area contributed by atoms with E-state index in [0.717, 1.165) is 18.5 Å². The number of amides is 1. The number of carbonyl (C=O) groups is 1. The SMILES string of the molecule is Cc1ncsc1CCCNC(=O)[C@H](C)Oc1ccc2c(c1)OCO2. The number of ether oxygens (including phenoxy) is 3. The Morgan fingerprint density at radius 1 is 1.42 bits per heavy atom. The minimum Gasteiger partial charge on any atom is -0.481 e. The van der Waals surface area contributed by atoms with E-state index in [9.17, 15) is 4.79 Å². The van der Waals surface area contributed by atoms with E-state index in [0.29, 0.717) is 23.8 Å². The Bertz CT molecular complexity index is 716. The molecule has 3 rings (SSSR count). The van der Waals surface area contributed by atoms with Crippen molar-refractivity contribution in [2.75, 3.05) is 13.3 Å². The fourth-order valence-corrected chi connectivity index (χ4v) is 3.20. The van der Waals surface area contributed by atoms with Gasteiger partial charge >= 0.3 is 0 Å². The molecule has 0 saturated heterocycles. The van der Waals surface area contributed by atoms with E-state index in [4.69, 9.17) is 14.2 Å². The molecule has 2 heterocycles. The Morgan fingerprint density at radius 2 is 2.25 bits per heavy atom. The molecule has 0 aliphatic carbocycles. The second-order valence-corrected chi connectivity index (χ2v) is 6.47. The Morgan fingerprint density at radius 3 is 3.04 bits per heavy atom. The highest BCUT2D eigenvalue weighted by atomic mass is 32.1. The summed E-state index contributed by atoms with van der Waals surface area (Å²) in [6.07, 6.45) is 1.23. The molecule has 1 aliphatic rings. The third-order valence-electron chi connectivity index (χ3n) is 3.75. The first-order valence-electron chi connectivity index (χ1n) is 7.86. The molecule has 2 aromatic rings. The van der Waals surface area contributed by atoms with Crippen molar-refractivity contribution >= 4 is 17.2 Å². The molecule has 128 valence electrons. The first-order valence-corrected chi connectivity index (χ1v) is 8.74. The Hall–Kier alpha value is -2.28. The van der Waals surface area contributed by atoms with E-state index >= 15 is 0 Å². The summed E-state index contributed by atoms with van der Waals surface area (Å²) >= 11 is 1.66. The van der Waals surface area contributed by atoms with Gasteiger partial charge in [0.1, 0.15) is 5.75 Å². The molecule has 0 radical (unpaired) electrons. The third kappa shape index (κ3) is 3.97. The number of nitrogens with one attached hydrogen (secondary N) is 1. The number of hydrogen-bond donors (Lipinski definition) is 1. The van der Waals surface area contributed by atoms with Gasteiger partial charge in [0.05, 0.1) is 11.2 Å². The van der Waals surface area contributed by atoms with Crippen molar-refractivity contribution < 1.29 is 19.0 Å². The Labute approximate surface area is 144 Å². The summed E-state index contributed by atoms with van der Waals surface area (Å²) in [5.41, 5.74) is 2.93. The van der Waals surface area contributed by atoms with Gasteiger partial charge in [0.15, 0.2) is 17.6 Å². The largest absolute Gasteiger partial charge is 0.481 e. The number of benzene rings is 1. The molecule has 6 nitrogen and oxygen atoms in total. The number of rotatable bonds is 7. The Kier molecular flexibility index (Phi) is 5.20. The van der Waals surface area contributed by atoms with Crippen molar-refractivity contribution in [3.05, 3.63) is 34.3 Å². The standard InChI is InChI=1S/C17H20N2O4S/c1-11-16(24-9-19-11)4-3-7-18-17(20)12(2)23-13-5-6-14-15(8-13)22-10-21-14/h5-6,8-9,12H,3-4,7,10H2,1-2H3,(H,18,20)/t12-/m0/s1. The van der Waals surface area contributed by atoms with E-state index in [-0.39, 0.29) is 12.7 Å². The lowest BCUT2D eigenvalue weighted by Gasteiger charge is -2.15. The number of thiazole rings is 1. The van der Waals surface area contributed by atoms with Crippen molar-refractivity contribution in [3.8, 4) is 17.2 Å². The van der Waals surface area contributed by atoms with Gasteiger partial charge in [-0.15, -0.1) is 11.3 Å². The van der Waals surface area contributed by atoms with E-state index in [1.165, 1.54) is 4.88 Å². The molecule has 1 atom stereocenters. The summed E-state index contributed by atoms with van der Waals surface area (Å²) in [5, 5.41) is 2.90. The predicted octanol–water partition coefficient (Wildman–Crippen LogP) is 2.70. The molecule has 0 fully saturated rings. The van der Waals surface area contributed by atoms with Crippen molar-refractivity contribution in [1.82, 2.24) is 10.3 Å². The van der Waals surface area contributed by atoms with Crippen LogP contribution in [0.25, 0.3) is 0 Å². The second-order valence-electron chi connectivity index (χ2n) is 5.53. The van der Waals surface area contributed by atoms with Crippen LogP contribution in [-0.2, 0) is 11.2 Å². The van der Waals surface area contributed by atoms with Crippen LogP contribution in [0.15, 0.2) is 23.7 Å². The highest BCUT2D eigenvalue weighted by Crippen LogP contribution is 2.35. The molecule has 0 bridgehead atoms. The van der Waals surface area contributed by atoms with Crippen molar-refractivity contribution in [1.29, 1.82) is 0 Å². The molecule has 24 heavy (non-hydrogen) atoms. The van der Waals surface area contributed by atoms with Crippen LogP contribution in [0.4, 0.5) is 0 Å². The Balaban J connectivity index is 1.42. The highest BCUT2D eigenvalue weighted by molar-refractivity contribution is 7.09. The zero-order valence-corrected chi connectivity index (χ0v) is 14.5. The summed E-state index contributed by atoms with van der Waals surface area (Å²) in [5.74, 6) is 1.79. The molecule has 7 heteroatoms. The summed E-state index contributed by atoms with van der Waals surface area (Å²) in [6.45, 7) is 4.57. The van der Waals surface area contributed by atoms with Crippen LogP contribution >= 0.6 is 11.3 Å². The average Bonchev–Trinajstić information content (AvgIpc) is 3.19. The second kappa shape index (κ2) is 7.53. The topological polar surface area (TPSA) is 69.7 Å². The highest BCUT2D eigenvalue weighted by Gasteiger charge is 2.18. The van der Waals surface area contributed by atoms with Crippen LogP contribution in [0.2, 0.25) is 0 Å². The van der Waals surface area contributed by atoms with Gasteiger partial charge in [0.25, 0.3) is 5.91 Å². The molecule has 0 saturated carbocycles. The molecule has 0 unspecified atom stereocenters. The first-order chi connectivity index (χ1) is 11.6. The third-order valence-corrected chi connectivity index (χ3v) is 4.75. The number of fused-ring (bicyclic) bond motifs is 1. The van der Waals surface area contributed by atoms with Gasteiger partial charge in [-0.3, -0.25) is 4.79 Å². The summed E-state index contributed by atoms with van der Waals surface area (Å²) in [4.78, 5) is 17.6. The number of hydrogen-bond acceptors (Lipinski definition) is 6. The number of nitrogens with zero attached hydrogens (tertiary/aromatic N) is 1. The van der Waals surface area contributed by atoms with Crippen LogP contribution in [0, 0.1) is 6.92 Å². The van der Waals surface area contributed by atoms with Gasteiger partial charge < -0.3 is 19.5 Å². The molecule has 1 aromatic heterocycles. The maximum absolute atomic E-state index is 12.1. The van der Waals surface area contributed by atoms with Crippen molar-refractivity contribution in [3.63, 3.8) is 0 Å². The quantitative estimate of drug-likeness (QED) is 0.779. The number of aryl methyl sites for hydroxylation is 2. The van der Waals surface area contributed by atoms with Gasteiger partial charge in [-0.25, -0.2) is 4.98 Å². The van der Waals surface area contributed by atoms with Gasteiger partial charge in [0, 0.05) is 17.5 Å². The smallest absolute Gasteiger partial charge is 0.260 e. The zero-order chi connectivity index (χ0) is 16.9. The molecule has 1 N–H and O–H groups in total. The van der Waals surface area contributed by atoms with Crippen molar-refractivity contribution in [2.24, 2.45) is 0 Å². The predicted molar refractivity (Wildman–Crippen MR) is 90.8 cm³/mol. The van der Waals surface area contributed by atoms with E-state index < -0.39 is 6.10 Å². The monoisotopic (exact) mass is 348 g/mol. The lowest BCUT2D eigenvalue weighted by molar-refractivity contribution is -0.127. The molecular formula is C17H20N2O4S. The van der Waals surface area contributed by atoms with Crippen LogP contribution in [-0.4, -0.2) is 30.3 Å². The lowest BCUT2D eigenvalue weighted by atomic mass is 10.2. The average molecular weight is 348 g/mol. The molecule has 1 aromatic carbocycles. The summed E-state index contributed by atoms with van der Waals surface area (Å²) in [6, 6.07) is 5.28. The van der Waals surface area contributed by atoms with E-state index in [2.05, 4.69) is 10.3 Å². The van der Waals surface area contributed by atoms with Crippen molar-refractivity contribution in [2.45, 2.75) is 32.8 Å². The molecule has 1 aliphatic heterocycles. The fourth-order valence-electron chi connectivity index (χ4n) is 2.38. The van der Waals surface area contributed by atoms with Crippen LogP contribution in [0.1, 0.15) is 23.9 Å². The van der Waals surface area contributed by atoms with Gasteiger partial charge in [0.2, 0.25) is 6.79 Å². The normalized spacial score (nSPS) is 13.6. The lowest BCUT2D eigenvalue weighted by Crippen LogP contribution is -2.36. The number of carbonyl (C=O) groups excluding carboxylic acids is 1. The van der Waals surface area contributed by atoms with Gasteiger partial charge in [-0.2, -0.15) is 0 Å². The first kappa shape index (κ1) is 16.6. The minimum atomic E-state index is -0.574. The maximum Gasteiger partial charge on any atom is 0.260 e. The van der Waals surface area contributed by atoms with E-state index in [1.54, 1.807) is 36.5 Å². The van der Waals surface area contributed by atoms with Crippen LogP contribution in [0.5, 0.6) is 17.2 Å². The van der Waals surface area contributed by atoms with Crippen LogP contribution in [0.3, 0.4) is 0 Å². The van der Waals surface area contributed by atoms with Crippen LogP contribution < -0.4 is 19.5 Å². The fraction of sp³-hybridized carbons (Fsp3) is 0.412. The molecular weight excluding hydrogens is 328 g/mol. The number of aromatic nitrogens is 1. The van der Waals surface area contributed by atoms with E-state index in [1.807, 2.05) is 12.4 Å². The maximum atomic E-state index is 12.1. The van der Waals surface area contributed by atoms with Gasteiger partial charge in [-0.05, 0) is 38.8 Å². The molecule has 0 spiro atoms. The van der Waals surface area contributed by atoms with Gasteiger partial charge in [-0.1, -0.05) is 0 Å². The minimum absolute atomic E-state index is 0.131. The zero-order valence-electron chi connectivity index (χ0n) is 13.7. The summed E-state index contributed by atoms with van der Waals surface area (Å²) in [7, 11) is 0.